The molecule has 0 atom stereocenters. The van der Waals surface area contributed by atoms with Gasteiger partial charge in [0.1, 0.15) is 0 Å². The second-order valence-electron chi connectivity index (χ2n) is 3.64. The Hall–Kier alpha value is -0.410. The number of nitrogens with one attached hydrogen (secondary N) is 1. The van der Waals surface area contributed by atoms with Gasteiger partial charge in [-0.25, -0.2) is 4.98 Å². The normalized spacial score (nSPS) is 21.3. The van der Waals surface area contributed by atoms with Gasteiger partial charge in [0.25, 0.3) is 0 Å². The zero-order valence-corrected chi connectivity index (χ0v) is 7.66. The first-order chi connectivity index (χ1) is 5.17. The number of thiazole rings is 1. The molecule has 1 aliphatic rings. The maximum atomic E-state index is 4.28. The van der Waals surface area contributed by atoms with Gasteiger partial charge in [-0.3, -0.25) is 0 Å². The Morgan fingerprint density at radius 3 is 3.27 bits per heavy atom. The summed E-state index contributed by atoms with van der Waals surface area (Å²) in [5, 5.41) is 3.44. The summed E-state index contributed by atoms with van der Waals surface area (Å²) in [4.78, 5) is 5.73. The molecule has 0 spiro atoms. The summed E-state index contributed by atoms with van der Waals surface area (Å²) in [6, 6.07) is 0. The molecule has 11 heavy (non-hydrogen) atoms. The molecule has 0 aliphatic carbocycles. The van der Waals surface area contributed by atoms with Gasteiger partial charge in [0.15, 0.2) is 0 Å². The molecule has 0 fully saturated rings. The highest BCUT2D eigenvalue weighted by Gasteiger charge is 2.25. The molecule has 2 rings (SSSR count). The Kier molecular flexibility index (Phi) is 1.51. The minimum absolute atomic E-state index is 0.263. The zero-order valence-electron chi connectivity index (χ0n) is 6.85. The summed E-state index contributed by atoms with van der Waals surface area (Å²) < 4.78 is 0. The van der Waals surface area contributed by atoms with E-state index in [1.807, 2.05) is 5.51 Å². The average Bonchev–Trinajstić information content (AvgIpc) is 2.31. The van der Waals surface area contributed by atoms with E-state index in [2.05, 4.69) is 24.1 Å². The molecule has 0 saturated heterocycles. The molecular weight excluding hydrogens is 156 g/mol. The van der Waals surface area contributed by atoms with Gasteiger partial charge in [-0.15, -0.1) is 11.3 Å². The molecule has 2 nitrogen and oxygen atoms in total. The Balaban J connectivity index is 2.32. The topological polar surface area (TPSA) is 24.9 Å². The standard InChI is InChI=1S/C8H12N2S/c1-8(2)3-7-6(4-10-8)9-5-11-7/h5,10H,3-4H2,1-2H3. The molecule has 3 heteroatoms. The Morgan fingerprint density at radius 1 is 1.64 bits per heavy atom. The van der Waals surface area contributed by atoms with Crippen molar-refractivity contribution in [2.24, 2.45) is 0 Å². The lowest BCUT2D eigenvalue weighted by Crippen LogP contribution is -2.44. The summed E-state index contributed by atoms with van der Waals surface area (Å²) in [5.74, 6) is 0. The highest BCUT2D eigenvalue weighted by molar-refractivity contribution is 7.09. The molecule has 0 bridgehead atoms. The van der Waals surface area contributed by atoms with E-state index in [1.54, 1.807) is 11.3 Å². The van der Waals surface area contributed by atoms with Gasteiger partial charge >= 0.3 is 0 Å². The summed E-state index contributed by atoms with van der Waals surface area (Å²) in [6.07, 6.45) is 1.12. The first kappa shape index (κ1) is 7.25. The average molecular weight is 168 g/mol. The third-order valence-electron chi connectivity index (χ3n) is 2.06. The fraction of sp³-hybridized carbons (Fsp3) is 0.625. The van der Waals surface area contributed by atoms with Gasteiger partial charge in [0.2, 0.25) is 0 Å². The second-order valence-corrected chi connectivity index (χ2v) is 4.58. The van der Waals surface area contributed by atoms with Crippen LogP contribution in [-0.4, -0.2) is 10.5 Å². The molecular formula is C8H12N2S. The van der Waals surface area contributed by atoms with E-state index < -0.39 is 0 Å². The van der Waals surface area contributed by atoms with Crippen LogP contribution < -0.4 is 5.32 Å². The Labute approximate surface area is 70.7 Å². The third kappa shape index (κ3) is 1.30. The van der Waals surface area contributed by atoms with Crippen molar-refractivity contribution in [1.29, 1.82) is 0 Å². The Bertz CT molecular complexity index is 265. The van der Waals surface area contributed by atoms with Crippen LogP contribution in [0.5, 0.6) is 0 Å². The van der Waals surface area contributed by atoms with Crippen molar-refractivity contribution < 1.29 is 0 Å². The number of hydrogen-bond acceptors (Lipinski definition) is 3. The van der Waals surface area contributed by atoms with Gasteiger partial charge in [0, 0.05) is 23.4 Å². The van der Waals surface area contributed by atoms with Crippen LogP contribution in [0.2, 0.25) is 0 Å². The van der Waals surface area contributed by atoms with Crippen molar-refractivity contribution in [3.63, 3.8) is 0 Å². The number of fused-ring (bicyclic) bond motifs is 1. The maximum Gasteiger partial charge on any atom is 0.0798 e. The fourth-order valence-electron chi connectivity index (χ4n) is 1.37. The molecule has 0 radical (unpaired) electrons. The van der Waals surface area contributed by atoms with Crippen molar-refractivity contribution in [3.05, 3.63) is 16.1 Å². The van der Waals surface area contributed by atoms with Crippen LogP contribution in [0.15, 0.2) is 5.51 Å². The molecule has 2 heterocycles. The summed E-state index contributed by atoms with van der Waals surface area (Å²) in [6.45, 7) is 5.40. The second kappa shape index (κ2) is 2.29. The SMILES string of the molecule is CC1(C)Cc2scnc2CN1. The number of aromatic nitrogens is 1. The van der Waals surface area contributed by atoms with Gasteiger partial charge in [-0.1, -0.05) is 0 Å². The molecule has 1 aliphatic heterocycles. The zero-order chi connectivity index (χ0) is 7.90. The van der Waals surface area contributed by atoms with Crippen molar-refractivity contribution in [1.82, 2.24) is 10.3 Å². The first-order valence-electron chi connectivity index (χ1n) is 3.84. The molecule has 1 N–H and O–H groups in total. The highest BCUT2D eigenvalue weighted by atomic mass is 32.1. The van der Waals surface area contributed by atoms with Crippen LogP contribution in [0.1, 0.15) is 24.4 Å². The molecule has 0 amide bonds. The van der Waals surface area contributed by atoms with Crippen LogP contribution in [0.25, 0.3) is 0 Å². The van der Waals surface area contributed by atoms with Crippen LogP contribution in [0, 0.1) is 0 Å². The maximum absolute atomic E-state index is 4.28. The lowest BCUT2D eigenvalue weighted by atomic mass is 9.95. The lowest BCUT2D eigenvalue weighted by Gasteiger charge is -2.30. The lowest BCUT2D eigenvalue weighted by molar-refractivity contribution is 0.363. The van der Waals surface area contributed by atoms with Crippen LogP contribution >= 0.6 is 11.3 Å². The molecule has 1 aromatic heterocycles. The Morgan fingerprint density at radius 2 is 2.45 bits per heavy atom. The van der Waals surface area contributed by atoms with Gasteiger partial charge < -0.3 is 5.32 Å². The van der Waals surface area contributed by atoms with Crippen molar-refractivity contribution in [3.8, 4) is 0 Å². The summed E-state index contributed by atoms with van der Waals surface area (Å²) in [7, 11) is 0. The number of nitrogens with zero attached hydrogens (tertiary/aromatic N) is 1. The largest absolute Gasteiger partial charge is 0.306 e. The van der Waals surface area contributed by atoms with E-state index in [-0.39, 0.29) is 5.54 Å². The van der Waals surface area contributed by atoms with Crippen LogP contribution in [0.4, 0.5) is 0 Å². The monoisotopic (exact) mass is 168 g/mol. The van der Waals surface area contributed by atoms with Gasteiger partial charge in [0.05, 0.1) is 11.2 Å². The number of hydrogen-bond donors (Lipinski definition) is 1. The van der Waals surface area contributed by atoms with Crippen molar-refractivity contribution in [2.75, 3.05) is 0 Å². The molecule has 1 aromatic rings. The minimum Gasteiger partial charge on any atom is -0.306 e. The fourth-order valence-corrected chi connectivity index (χ4v) is 2.38. The van der Waals surface area contributed by atoms with E-state index in [0.717, 1.165) is 13.0 Å². The third-order valence-corrected chi connectivity index (χ3v) is 2.94. The van der Waals surface area contributed by atoms with E-state index in [0.29, 0.717) is 0 Å². The quantitative estimate of drug-likeness (QED) is 0.636. The summed E-state index contributed by atoms with van der Waals surface area (Å²) >= 11 is 1.78. The van der Waals surface area contributed by atoms with E-state index in [4.69, 9.17) is 0 Å². The van der Waals surface area contributed by atoms with Gasteiger partial charge in [-0.2, -0.15) is 0 Å². The smallest absolute Gasteiger partial charge is 0.0798 e. The predicted molar refractivity (Wildman–Crippen MR) is 46.7 cm³/mol. The van der Waals surface area contributed by atoms with Crippen molar-refractivity contribution in [2.45, 2.75) is 32.4 Å². The molecule has 60 valence electrons. The van der Waals surface area contributed by atoms with Crippen LogP contribution in [-0.2, 0) is 13.0 Å². The highest BCUT2D eigenvalue weighted by Crippen LogP contribution is 2.24. The summed E-state index contributed by atoms with van der Waals surface area (Å²) in [5.41, 5.74) is 3.45. The predicted octanol–water partition coefficient (Wildman–Crippen LogP) is 1.57. The number of rotatable bonds is 0. The minimum atomic E-state index is 0.263. The van der Waals surface area contributed by atoms with Crippen molar-refractivity contribution >= 4 is 11.3 Å². The molecule has 0 saturated carbocycles. The van der Waals surface area contributed by atoms with E-state index in [1.165, 1.54) is 10.6 Å². The van der Waals surface area contributed by atoms with Gasteiger partial charge in [-0.05, 0) is 13.8 Å². The van der Waals surface area contributed by atoms with E-state index in [9.17, 15) is 0 Å². The molecule has 0 aromatic carbocycles. The molecule has 0 unspecified atom stereocenters. The van der Waals surface area contributed by atoms with E-state index >= 15 is 0 Å². The van der Waals surface area contributed by atoms with Crippen LogP contribution in [0.3, 0.4) is 0 Å². The first-order valence-corrected chi connectivity index (χ1v) is 4.72.